The largest absolute Gasteiger partial charge is 0.396 e. The third-order valence-corrected chi connectivity index (χ3v) is 1.80. The summed E-state index contributed by atoms with van der Waals surface area (Å²) >= 11 is 0. The van der Waals surface area contributed by atoms with Gasteiger partial charge in [-0.25, -0.2) is 0 Å². The van der Waals surface area contributed by atoms with Crippen molar-refractivity contribution in [1.29, 1.82) is 0 Å². The third kappa shape index (κ3) is 11.3. The zero-order valence-corrected chi connectivity index (χ0v) is 10.7. The van der Waals surface area contributed by atoms with E-state index in [0.29, 0.717) is 12.5 Å². The molecule has 0 aromatic carbocycles. The molecule has 0 aromatic rings. The Morgan fingerprint density at radius 2 is 1.82 bits per heavy atom. The zero-order chi connectivity index (χ0) is 7.11. The summed E-state index contributed by atoms with van der Waals surface area (Å²) in [6.45, 7) is 4.69. The fraction of sp³-hybridized carbons (Fsp3) is 1.00. The summed E-state index contributed by atoms with van der Waals surface area (Å²) in [5, 5.41) is 8.75. The Morgan fingerprint density at radius 1 is 1.27 bits per heavy atom. The van der Waals surface area contributed by atoms with Gasteiger partial charge in [-0.05, 0) is 12.3 Å². The van der Waals surface area contributed by atoms with Crippen LogP contribution in [0, 0.1) is 5.92 Å². The molecule has 0 bridgehead atoms. The SMILES string of the molecule is CCCCC(CC)CO.[Ru].[Ti]. The van der Waals surface area contributed by atoms with Crippen LogP contribution >= 0.6 is 0 Å². The van der Waals surface area contributed by atoms with Gasteiger partial charge in [0.25, 0.3) is 0 Å². The van der Waals surface area contributed by atoms with Crippen molar-refractivity contribution in [2.75, 3.05) is 6.61 Å². The van der Waals surface area contributed by atoms with Crippen molar-refractivity contribution in [2.45, 2.75) is 39.5 Å². The predicted octanol–water partition coefficient (Wildman–Crippen LogP) is 2.19. The molecule has 0 fully saturated rings. The molecule has 0 heterocycles. The van der Waals surface area contributed by atoms with Crippen molar-refractivity contribution < 1.29 is 46.3 Å². The Kier molecular flexibility index (Phi) is 22.9. The Bertz CT molecular complexity index is 58.1. The quantitative estimate of drug-likeness (QED) is 0.765. The molecule has 1 atom stereocenters. The van der Waals surface area contributed by atoms with Gasteiger partial charge in [-0.3, -0.25) is 0 Å². The van der Waals surface area contributed by atoms with Crippen LogP contribution in [0.5, 0.6) is 0 Å². The van der Waals surface area contributed by atoms with E-state index in [1.165, 1.54) is 19.3 Å². The van der Waals surface area contributed by atoms with Crippen LogP contribution in [0.2, 0.25) is 0 Å². The average Bonchev–Trinajstić information content (AvgIpc) is 1.91. The summed E-state index contributed by atoms with van der Waals surface area (Å²) in [5.41, 5.74) is 0. The van der Waals surface area contributed by atoms with E-state index in [2.05, 4.69) is 13.8 Å². The van der Waals surface area contributed by atoms with Gasteiger partial charge in [-0.1, -0.05) is 33.1 Å². The average molecular weight is 279 g/mol. The molecule has 0 aliphatic rings. The normalized spacial score (nSPS) is 11.2. The van der Waals surface area contributed by atoms with Crippen LogP contribution in [0.3, 0.4) is 0 Å². The van der Waals surface area contributed by atoms with Crippen molar-refractivity contribution >= 4 is 0 Å². The smallest absolute Gasteiger partial charge is 0.0459 e. The molecule has 68 valence electrons. The molecule has 3 heteroatoms. The Balaban J connectivity index is -0.000000320. The first-order valence-electron chi connectivity index (χ1n) is 3.96. The zero-order valence-electron chi connectivity index (χ0n) is 7.41. The molecule has 0 aliphatic carbocycles. The molecule has 0 aliphatic heterocycles. The maximum atomic E-state index is 8.75. The van der Waals surface area contributed by atoms with Crippen molar-refractivity contribution in [3.8, 4) is 0 Å². The van der Waals surface area contributed by atoms with Crippen LogP contribution < -0.4 is 0 Å². The van der Waals surface area contributed by atoms with Gasteiger partial charge >= 0.3 is 0 Å². The van der Waals surface area contributed by atoms with Gasteiger partial charge in [-0.2, -0.15) is 0 Å². The molecule has 0 amide bonds. The van der Waals surface area contributed by atoms with Gasteiger partial charge in [-0.15, -0.1) is 0 Å². The van der Waals surface area contributed by atoms with Crippen molar-refractivity contribution in [3.05, 3.63) is 0 Å². The van der Waals surface area contributed by atoms with Gasteiger partial charge in [0.2, 0.25) is 0 Å². The number of aliphatic hydroxyl groups is 1. The van der Waals surface area contributed by atoms with Crippen LogP contribution in [0.1, 0.15) is 39.5 Å². The third-order valence-electron chi connectivity index (χ3n) is 1.80. The first kappa shape index (κ1) is 18.2. The summed E-state index contributed by atoms with van der Waals surface area (Å²) in [5.74, 6) is 0.560. The minimum absolute atomic E-state index is 0. The number of hydrogen-bond acceptors (Lipinski definition) is 1. The monoisotopic (exact) mass is 280 g/mol. The first-order chi connectivity index (χ1) is 4.35. The molecule has 1 N–H and O–H groups in total. The Hall–Kier alpha value is 1.30. The van der Waals surface area contributed by atoms with E-state index in [1.54, 1.807) is 0 Å². The van der Waals surface area contributed by atoms with E-state index in [1.807, 2.05) is 0 Å². The predicted molar refractivity (Wildman–Crippen MR) is 40.4 cm³/mol. The number of hydrogen-bond donors (Lipinski definition) is 1. The first-order valence-corrected chi connectivity index (χ1v) is 3.96. The van der Waals surface area contributed by atoms with E-state index >= 15 is 0 Å². The van der Waals surface area contributed by atoms with Crippen LogP contribution in [-0.2, 0) is 41.2 Å². The molecule has 0 saturated carbocycles. The van der Waals surface area contributed by atoms with E-state index in [-0.39, 0.29) is 41.2 Å². The summed E-state index contributed by atoms with van der Waals surface area (Å²) in [6, 6.07) is 0. The molecule has 0 spiro atoms. The molecular weight excluding hydrogens is 261 g/mol. The molecular formula is C8H18ORuTi. The van der Waals surface area contributed by atoms with E-state index in [0.717, 1.165) is 6.42 Å². The van der Waals surface area contributed by atoms with Gasteiger partial charge in [0.1, 0.15) is 0 Å². The van der Waals surface area contributed by atoms with E-state index < -0.39 is 0 Å². The second-order valence-electron chi connectivity index (χ2n) is 2.60. The summed E-state index contributed by atoms with van der Waals surface area (Å²) < 4.78 is 0. The molecule has 11 heavy (non-hydrogen) atoms. The Labute approximate surface area is 98.0 Å². The summed E-state index contributed by atoms with van der Waals surface area (Å²) in [7, 11) is 0. The minimum Gasteiger partial charge on any atom is -0.396 e. The van der Waals surface area contributed by atoms with E-state index in [9.17, 15) is 0 Å². The standard InChI is InChI=1S/C8H18O.Ru.Ti/c1-3-5-6-8(4-2)7-9;;/h8-9H,3-7H2,1-2H3;;. The fourth-order valence-corrected chi connectivity index (χ4v) is 0.917. The number of unbranched alkanes of at least 4 members (excludes halogenated alkanes) is 1. The second-order valence-corrected chi connectivity index (χ2v) is 2.60. The molecule has 1 nitrogen and oxygen atoms in total. The number of rotatable bonds is 5. The molecule has 0 rings (SSSR count). The van der Waals surface area contributed by atoms with Gasteiger partial charge < -0.3 is 5.11 Å². The minimum atomic E-state index is 0. The molecule has 0 aromatic heterocycles. The fourth-order valence-electron chi connectivity index (χ4n) is 0.917. The maximum Gasteiger partial charge on any atom is 0.0459 e. The van der Waals surface area contributed by atoms with Crippen LogP contribution in [0.15, 0.2) is 0 Å². The molecule has 0 radical (unpaired) electrons. The van der Waals surface area contributed by atoms with Gasteiger partial charge in [0.15, 0.2) is 0 Å². The van der Waals surface area contributed by atoms with Gasteiger partial charge in [0.05, 0.1) is 0 Å². The second kappa shape index (κ2) is 13.9. The summed E-state index contributed by atoms with van der Waals surface area (Å²) in [6.07, 6.45) is 4.83. The van der Waals surface area contributed by atoms with E-state index in [4.69, 9.17) is 5.11 Å². The van der Waals surface area contributed by atoms with Crippen molar-refractivity contribution in [1.82, 2.24) is 0 Å². The molecule has 1 unspecified atom stereocenters. The summed E-state index contributed by atoms with van der Waals surface area (Å²) in [4.78, 5) is 0. The number of aliphatic hydroxyl groups excluding tert-OH is 1. The Morgan fingerprint density at radius 3 is 2.09 bits per heavy atom. The topological polar surface area (TPSA) is 20.2 Å². The maximum absolute atomic E-state index is 8.75. The van der Waals surface area contributed by atoms with Crippen LogP contribution in [0.4, 0.5) is 0 Å². The van der Waals surface area contributed by atoms with Gasteiger partial charge in [0, 0.05) is 47.8 Å². The molecule has 0 saturated heterocycles. The van der Waals surface area contributed by atoms with Crippen molar-refractivity contribution in [2.24, 2.45) is 5.92 Å². The van der Waals surface area contributed by atoms with Crippen molar-refractivity contribution in [3.63, 3.8) is 0 Å². The van der Waals surface area contributed by atoms with Crippen LogP contribution in [-0.4, -0.2) is 11.7 Å². The van der Waals surface area contributed by atoms with Crippen LogP contribution in [0.25, 0.3) is 0 Å².